The predicted octanol–water partition coefficient (Wildman–Crippen LogP) is 3.30. The third kappa shape index (κ3) is 4.46. The number of aliphatic hydroxyl groups excluding tert-OH is 1. The van der Waals surface area contributed by atoms with Gasteiger partial charge in [0.25, 0.3) is 0 Å². The number of hydrogen-bond donors (Lipinski definition) is 1. The van der Waals surface area contributed by atoms with Gasteiger partial charge in [-0.3, -0.25) is 0 Å². The van der Waals surface area contributed by atoms with Crippen LogP contribution in [-0.2, 0) is 4.74 Å². The Morgan fingerprint density at radius 3 is 2.45 bits per heavy atom. The van der Waals surface area contributed by atoms with Gasteiger partial charge in [0, 0.05) is 31.5 Å². The lowest BCUT2D eigenvalue weighted by atomic mass is 10.0. The van der Waals surface area contributed by atoms with Gasteiger partial charge in [0.05, 0.1) is 12.7 Å². The molecule has 0 unspecified atom stereocenters. The SMILES string of the molecule is COCCN(CC(C)C)c1cc(C)c(F)cc1[C@@H](C)O. The molecule has 1 aromatic rings. The van der Waals surface area contributed by atoms with Crippen molar-refractivity contribution in [2.45, 2.75) is 33.8 Å². The first kappa shape index (κ1) is 16.9. The number of hydrogen-bond acceptors (Lipinski definition) is 3. The maximum absolute atomic E-state index is 13.7. The van der Waals surface area contributed by atoms with Gasteiger partial charge in [-0.2, -0.15) is 0 Å². The summed E-state index contributed by atoms with van der Waals surface area (Å²) in [6.45, 7) is 9.85. The second-order valence-corrected chi connectivity index (χ2v) is 5.67. The third-order valence-electron chi connectivity index (χ3n) is 3.25. The lowest BCUT2D eigenvalue weighted by Crippen LogP contribution is -2.32. The number of aliphatic hydroxyl groups is 1. The van der Waals surface area contributed by atoms with E-state index in [1.165, 1.54) is 6.07 Å². The zero-order valence-electron chi connectivity index (χ0n) is 13.1. The predicted molar refractivity (Wildman–Crippen MR) is 80.7 cm³/mol. The summed E-state index contributed by atoms with van der Waals surface area (Å²) in [7, 11) is 1.67. The molecule has 0 aliphatic rings. The van der Waals surface area contributed by atoms with Gasteiger partial charge in [-0.1, -0.05) is 13.8 Å². The fraction of sp³-hybridized carbons (Fsp3) is 0.625. The van der Waals surface area contributed by atoms with Gasteiger partial charge < -0.3 is 14.7 Å². The molecule has 0 amide bonds. The van der Waals surface area contributed by atoms with Gasteiger partial charge in [0.1, 0.15) is 5.82 Å². The van der Waals surface area contributed by atoms with Gasteiger partial charge >= 0.3 is 0 Å². The lowest BCUT2D eigenvalue weighted by molar-refractivity contribution is 0.196. The molecule has 1 N–H and O–H groups in total. The summed E-state index contributed by atoms with van der Waals surface area (Å²) in [5.74, 6) is 0.194. The number of methoxy groups -OCH3 is 1. The Morgan fingerprint density at radius 1 is 1.30 bits per heavy atom. The van der Waals surface area contributed by atoms with Gasteiger partial charge in [-0.15, -0.1) is 0 Å². The van der Waals surface area contributed by atoms with E-state index >= 15 is 0 Å². The Morgan fingerprint density at radius 2 is 1.95 bits per heavy atom. The van der Waals surface area contributed by atoms with Crippen LogP contribution in [0.15, 0.2) is 12.1 Å². The number of aryl methyl sites for hydroxylation is 1. The molecule has 0 fully saturated rings. The van der Waals surface area contributed by atoms with Crippen molar-refractivity contribution in [2.24, 2.45) is 5.92 Å². The number of rotatable bonds is 7. The maximum Gasteiger partial charge on any atom is 0.126 e. The number of halogens is 1. The minimum Gasteiger partial charge on any atom is -0.389 e. The zero-order chi connectivity index (χ0) is 15.3. The Hall–Kier alpha value is -1.13. The fourth-order valence-corrected chi connectivity index (χ4v) is 2.24. The van der Waals surface area contributed by atoms with Crippen molar-refractivity contribution in [3.63, 3.8) is 0 Å². The fourth-order valence-electron chi connectivity index (χ4n) is 2.24. The molecule has 3 nitrogen and oxygen atoms in total. The van der Waals surface area contributed by atoms with Crippen LogP contribution < -0.4 is 4.90 Å². The molecule has 114 valence electrons. The van der Waals surface area contributed by atoms with Crippen LogP contribution >= 0.6 is 0 Å². The molecule has 1 rings (SSSR count). The smallest absolute Gasteiger partial charge is 0.126 e. The zero-order valence-corrected chi connectivity index (χ0v) is 13.1. The van der Waals surface area contributed by atoms with Crippen molar-refractivity contribution in [3.8, 4) is 0 Å². The van der Waals surface area contributed by atoms with Crippen LogP contribution in [-0.4, -0.2) is 31.9 Å². The van der Waals surface area contributed by atoms with Gasteiger partial charge in [0.15, 0.2) is 0 Å². The van der Waals surface area contributed by atoms with Crippen molar-refractivity contribution >= 4 is 5.69 Å². The van der Waals surface area contributed by atoms with E-state index < -0.39 is 6.10 Å². The molecule has 0 aliphatic carbocycles. The van der Waals surface area contributed by atoms with E-state index in [-0.39, 0.29) is 5.82 Å². The summed E-state index contributed by atoms with van der Waals surface area (Å²) < 4.78 is 18.9. The molecule has 0 heterocycles. The molecule has 0 saturated carbocycles. The highest BCUT2D eigenvalue weighted by atomic mass is 19.1. The van der Waals surface area contributed by atoms with Crippen LogP contribution in [0.4, 0.5) is 10.1 Å². The van der Waals surface area contributed by atoms with Crippen LogP contribution in [0.5, 0.6) is 0 Å². The van der Waals surface area contributed by atoms with E-state index in [1.807, 2.05) is 6.07 Å². The van der Waals surface area contributed by atoms with Gasteiger partial charge in [0.2, 0.25) is 0 Å². The number of nitrogens with zero attached hydrogens (tertiary/aromatic N) is 1. The molecule has 0 saturated heterocycles. The third-order valence-corrected chi connectivity index (χ3v) is 3.25. The molecule has 0 spiro atoms. The topological polar surface area (TPSA) is 32.7 Å². The molecular formula is C16H26FNO2. The van der Waals surface area contributed by atoms with Crippen LogP contribution in [0.25, 0.3) is 0 Å². The van der Waals surface area contributed by atoms with Crippen molar-refractivity contribution in [3.05, 3.63) is 29.1 Å². The van der Waals surface area contributed by atoms with Crippen LogP contribution in [0.2, 0.25) is 0 Å². The molecule has 20 heavy (non-hydrogen) atoms. The molecule has 1 atom stereocenters. The first-order chi connectivity index (χ1) is 9.36. The second kappa shape index (κ2) is 7.60. The largest absolute Gasteiger partial charge is 0.389 e. The molecule has 0 aliphatic heterocycles. The van der Waals surface area contributed by atoms with Crippen molar-refractivity contribution in [2.75, 3.05) is 31.7 Å². The molecule has 0 aromatic heterocycles. The average molecular weight is 283 g/mol. The quantitative estimate of drug-likeness (QED) is 0.833. The highest BCUT2D eigenvalue weighted by Gasteiger charge is 2.17. The number of benzene rings is 1. The summed E-state index contributed by atoms with van der Waals surface area (Å²) in [5, 5.41) is 9.90. The molecule has 0 radical (unpaired) electrons. The number of anilines is 1. The number of ether oxygens (including phenoxy) is 1. The molecule has 0 bridgehead atoms. The lowest BCUT2D eigenvalue weighted by Gasteiger charge is -2.30. The second-order valence-electron chi connectivity index (χ2n) is 5.67. The molecular weight excluding hydrogens is 257 g/mol. The van der Waals surface area contributed by atoms with Gasteiger partial charge in [-0.05, 0) is 37.5 Å². The monoisotopic (exact) mass is 283 g/mol. The standard InChI is InChI=1S/C16H26FNO2/c1-11(2)10-18(6-7-20-5)16-8-12(3)15(17)9-14(16)13(4)19/h8-9,11,13,19H,6-7,10H2,1-5H3/t13-/m1/s1. The minimum absolute atomic E-state index is 0.277. The summed E-state index contributed by atoms with van der Waals surface area (Å²) in [6.07, 6.45) is -0.697. The Labute approximate surface area is 121 Å². The summed E-state index contributed by atoms with van der Waals surface area (Å²) in [6, 6.07) is 3.25. The van der Waals surface area contributed by atoms with Crippen molar-refractivity contribution < 1.29 is 14.2 Å². The maximum atomic E-state index is 13.7. The van der Waals surface area contributed by atoms with Crippen molar-refractivity contribution in [1.82, 2.24) is 0 Å². The van der Waals surface area contributed by atoms with Crippen LogP contribution in [0.3, 0.4) is 0 Å². The summed E-state index contributed by atoms with van der Waals surface area (Å²) in [4.78, 5) is 2.16. The first-order valence-electron chi connectivity index (χ1n) is 7.08. The van der Waals surface area contributed by atoms with E-state index in [9.17, 15) is 9.50 Å². The van der Waals surface area contributed by atoms with E-state index in [0.29, 0.717) is 23.7 Å². The van der Waals surface area contributed by atoms with E-state index in [0.717, 1.165) is 18.8 Å². The Kier molecular flexibility index (Phi) is 6.43. The van der Waals surface area contributed by atoms with E-state index in [1.54, 1.807) is 21.0 Å². The summed E-state index contributed by atoms with van der Waals surface area (Å²) in [5.41, 5.74) is 2.12. The van der Waals surface area contributed by atoms with Crippen LogP contribution in [0.1, 0.15) is 38.0 Å². The van der Waals surface area contributed by atoms with E-state index in [4.69, 9.17) is 4.74 Å². The molecule has 4 heteroatoms. The Bertz CT molecular complexity index is 433. The Balaban J connectivity index is 3.18. The average Bonchev–Trinajstić information content (AvgIpc) is 2.36. The summed E-state index contributed by atoms with van der Waals surface area (Å²) >= 11 is 0. The van der Waals surface area contributed by atoms with Crippen LogP contribution in [0, 0.1) is 18.7 Å². The first-order valence-corrected chi connectivity index (χ1v) is 7.08. The highest BCUT2D eigenvalue weighted by molar-refractivity contribution is 5.57. The van der Waals surface area contributed by atoms with Crippen molar-refractivity contribution in [1.29, 1.82) is 0 Å². The molecule has 1 aromatic carbocycles. The highest BCUT2D eigenvalue weighted by Crippen LogP contribution is 2.29. The minimum atomic E-state index is -0.697. The van der Waals surface area contributed by atoms with Gasteiger partial charge in [-0.25, -0.2) is 4.39 Å². The normalized spacial score (nSPS) is 12.8. The van der Waals surface area contributed by atoms with E-state index in [2.05, 4.69) is 18.7 Å².